The van der Waals surface area contributed by atoms with Crippen LogP contribution in [0.3, 0.4) is 0 Å². The average molecular weight is 230 g/mol. The summed E-state index contributed by atoms with van der Waals surface area (Å²) in [6.45, 7) is 3.85. The molecule has 0 amide bonds. The predicted molar refractivity (Wildman–Crippen MR) is 68.7 cm³/mol. The lowest BCUT2D eigenvalue weighted by Crippen LogP contribution is -1.98. The van der Waals surface area contributed by atoms with Crippen molar-refractivity contribution in [2.45, 2.75) is 13.8 Å². The van der Waals surface area contributed by atoms with Crippen LogP contribution in [0.25, 0.3) is 11.3 Å². The van der Waals surface area contributed by atoms with Crippen molar-refractivity contribution >= 4 is 5.69 Å². The SMILES string of the molecule is CNc1c(F)cc(C)cc1-c1ccc(C)cn1. The van der Waals surface area contributed by atoms with Gasteiger partial charge in [-0.2, -0.15) is 0 Å². The van der Waals surface area contributed by atoms with Gasteiger partial charge in [-0.05, 0) is 43.2 Å². The Morgan fingerprint density at radius 1 is 1.12 bits per heavy atom. The van der Waals surface area contributed by atoms with Gasteiger partial charge in [0.05, 0.1) is 11.4 Å². The van der Waals surface area contributed by atoms with E-state index < -0.39 is 0 Å². The molecule has 1 N–H and O–H groups in total. The number of rotatable bonds is 2. The molecule has 2 nitrogen and oxygen atoms in total. The van der Waals surface area contributed by atoms with Crippen LogP contribution in [-0.4, -0.2) is 12.0 Å². The van der Waals surface area contributed by atoms with E-state index in [4.69, 9.17) is 0 Å². The monoisotopic (exact) mass is 230 g/mol. The third-order valence-corrected chi connectivity index (χ3v) is 2.67. The molecule has 88 valence electrons. The van der Waals surface area contributed by atoms with Crippen molar-refractivity contribution in [2.24, 2.45) is 0 Å². The van der Waals surface area contributed by atoms with E-state index in [0.29, 0.717) is 5.69 Å². The van der Waals surface area contributed by atoms with E-state index in [-0.39, 0.29) is 5.82 Å². The standard InChI is InChI=1S/C14H15FN2/c1-9-4-5-13(17-8-9)11-6-10(2)7-12(15)14(11)16-3/h4-8,16H,1-3H3. The fraction of sp³-hybridized carbons (Fsp3) is 0.214. The molecule has 1 aromatic carbocycles. The van der Waals surface area contributed by atoms with Gasteiger partial charge in [-0.3, -0.25) is 4.98 Å². The molecule has 0 spiro atoms. The number of pyridine rings is 1. The summed E-state index contributed by atoms with van der Waals surface area (Å²) < 4.78 is 13.8. The van der Waals surface area contributed by atoms with Crippen molar-refractivity contribution in [1.29, 1.82) is 0 Å². The Bertz CT molecular complexity index is 533. The molecular weight excluding hydrogens is 215 g/mol. The molecule has 1 heterocycles. The molecule has 0 aliphatic carbocycles. The molecule has 0 bridgehead atoms. The van der Waals surface area contributed by atoms with Gasteiger partial charge in [-0.1, -0.05) is 6.07 Å². The van der Waals surface area contributed by atoms with E-state index in [1.54, 1.807) is 13.2 Å². The number of aromatic nitrogens is 1. The lowest BCUT2D eigenvalue weighted by Gasteiger charge is -2.11. The molecule has 0 aliphatic heterocycles. The minimum atomic E-state index is -0.245. The first kappa shape index (κ1) is 11.6. The van der Waals surface area contributed by atoms with E-state index in [2.05, 4.69) is 10.3 Å². The van der Waals surface area contributed by atoms with Gasteiger partial charge in [0.15, 0.2) is 0 Å². The molecule has 0 unspecified atom stereocenters. The van der Waals surface area contributed by atoms with E-state index >= 15 is 0 Å². The third-order valence-electron chi connectivity index (χ3n) is 2.67. The van der Waals surface area contributed by atoms with Crippen molar-refractivity contribution in [3.8, 4) is 11.3 Å². The van der Waals surface area contributed by atoms with Crippen LogP contribution in [0, 0.1) is 19.7 Å². The largest absolute Gasteiger partial charge is 0.385 e. The average Bonchev–Trinajstić information content (AvgIpc) is 2.29. The van der Waals surface area contributed by atoms with E-state index in [9.17, 15) is 4.39 Å². The summed E-state index contributed by atoms with van der Waals surface area (Å²) in [6, 6.07) is 7.34. The number of nitrogens with one attached hydrogen (secondary N) is 1. The molecule has 0 saturated heterocycles. The highest BCUT2D eigenvalue weighted by molar-refractivity contribution is 5.76. The van der Waals surface area contributed by atoms with Crippen LogP contribution in [0.15, 0.2) is 30.5 Å². The van der Waals surface area contributed by atoms with Gasteiger partial charge in [0, 0.05) is 18.8 Å². The zero-order valence-corrected chi connectivity index (χ0v) is 10.2. The second-order valence-electron chi connectivity index (χ2n) is 4.14. The highest BCUT2D eigenvalue weighted by atomic mass is 19.1. The molecule has 17 heavy (non-hydrogen) atoms. The Morgan fingerprint density at radius 2 is 1.88 bits per heavy atom. The lowest BCUT2D eigenvalue weighted by molar-refractivity contribution is 0.630. The van der Waals surface area contributed by atoms with Crippen molar-refractivity contribution in [3.05, 3.63) is 47.4 Å². The number of anilines is 1. The summed E-state index contributed by atoms with van der Waals surface area (Å²) in [6.07, 6.45) is 1.79. The van der Waals surface area contributed by atoms with Crippen molar-refractivity contribution in [1.82, 2.24) is 4.98 Å². The number of halogens is 1. The van der Waals surface area contributed by atoms with Gasteiger partial charge in [-0.25, -0.2) is 4.39 Å². The van der Waals surface area contributed by atoms with E-state index in [0.717, 1.165) is 22.4 Å². The van der Waals surface area contributed by atoms with Crippen LogP contribution in [0.2, 0.25) is 0 Å². The van der Waals surface area contributed by atoms with Crippen LogP contribution < -0.4 is 5.32 Å². The van der Waals surface area contributed by atoms with Gasteiger partial charge in [0.2, 0.25) is 0 Å². The molecule has 0 aliphatic rings. The van der Waals surface area contributed by atoms with Crippen molar-refractivity contribution in [3.63, 3.8) is 0 Å². The molecular formula is C14H15FN2. The Kier molecular flexibility index (Phi) is 3.09. The van der Waals surface area contributed by atoms with Gasteiger partial charge >= 0.3 is 0 Å². The Hall–Kier alpha value is -1.90. The molecule has 0 radical (unpaired) electrons. The number of hydrogen-bond acceptors (Lipinski definition) is 2. The number of hydrogen-bond donors (Lipinski definition) is 1. The van der Waals surface area contributed by atoms with Crippen LogP contribution in [-0.2, 0) is 0 Å². The predicted octanol–water partition coefficient (Wildman–Crippen LogP) is 3.55. The normalized spacial score (nSPS) is 10.4. The van der Waals surface area contributed by atoms with E-state index in [1.165, 1.54) is 6.07 Å². The van der Waals surface area contributed by atoms with Crippen LogP contribution in [0.5, 0.6) is 0 Å². The zero-order valence-electron chi connectivity index (χ0n) is 10.2. The highest BCUT2D eigenvalue weighted by Crippen LogP contribution is 2.30. The Morgan fingerprint density at radius 3 is 2.47 bits per heavy atom. The Balaban J connectivity index is 2.61. The minimum absolute atomic E-state index is 0.245. The van der Waals surface area contributed by atoms with Gasteiger partial charge < -0.3 is 5.32 Å². The first-order chi connectivity index (χ1) is 8.11. The molecule has 1 aromatic heterocycles. The Labute approximate surface area is 101 Å². The maximum absolute atomic E-state index is 13.8. The van der Waals surface area contributed by atoms with Gasteiger partial charge in [-0.15, -0.1) is 0 Å². The number of benzene rings is 1. The fourth-order valence-corrected chi connectivity index (χ4v) is 1.83. The molecule has 0 fully saturated rings. The molecule has 0 atom stereocenters. The quantitative estimate of drug-likeness (QED) is 0.853. The summed E-state index contributed by atoms with van der Waals surface area (Å²) in [7, 11) is 1.71. The number of nitrogens with zero attached hydrogens (tertiary/aromatic N) is 1. The minimum Gasteiger partial charge on any atom is -0.385 e. The topological polar surface area (TPSA) is 24.9 Å². The summed E-state index contributed by atoms with van der Waals surface area (Å²) in [5.74, 6) is -0.245. The third kappa shape index (κ3) is 2.28. The van der Waals surface area contributed by atoms with Crippen LogP contribution in [0.4, 0.5) is 10.1 Å². The van der Waals surface area contributed by atoms with Crippen molar-refractivity contribution in [2.75, 3.05) is 12.4 Å². The maximum atomic E-state index is 13.8. The molecule has 3 heteroatoms. The summed E-state index contributed by atoms with van der Waals surface area (Å²) in [5, 5.41) is 2.89. The second-order valence-corrected chi connectivity index (χ2v) is 4.14. The lowest BCUT2D eigenvalue weighted by atomic mass is 10.0. The van der Waals surface area contributed by atoms with Crippen LogP contribution >= 0.6 is 0 Å². The molecule has 2 rings (SSSR count). The van der Waals surface area contributed by atoms with Gasteiger partial charge in [0.1, 0.15) is 5.82 Å². The smallest absolute Gasteiger partial charge is 0.147 e. The molecule has 2 aromatic rings. The first-order valence-electron chi connectivity index (χ1n) is 5.52. The summed E-state index contributed by atoms with van der Waals surface area (Å²) >= 11 is 0. The van der Waals surface area contributed by atoms with Crippen molar-refractivity contribution < 1.29 is 4.39 Å². The number of aryl methyl sites for hydroxylation is 2. The van der Waals surface area contributed by atoms with Crippen LogP contribution in [0.1, 0.15) is 11.1 Å². The zero-order chi connectivity index (χ0) is 12.4. The summed E-state index contributed by atoms with van der Waals surface area (Å²) in [4.78, 5) is 4.33. The highest BCUT2D eigenvalue weighted by Gasteiger charge is 2.11. The first-order valence-corrected chi connectivity index (χ1v) is 5.52. The summed E-state index contributed by atoms with van der Waals surface area (Å²) in [5.41, 5.74) is 4.05. The molecule has 0 saturated carbocycles. The fourth-order valence-electron chi connectivity index (χ4n) is 1.83. The van der Waals surface area contributed by atoms with Gasteiger partial charge in [0.25, 0.3) is 0 Å². The van der Waals surface area contributed by atoms with E-state index in [1.807, 2.05) is 32.0 Å². The second kappa shape index (κ2) is 4.53. The maximum Gasteiger partial charge on any atom is 0.147 e.